The van der Waals surface area contributed by atoms with Crippen LogP contribution in [0.3, 0.4) is 0 Å². The van der Waals surface area contributed by atoms with Gasteiger partial charge in [-0.1, -0.05) is 0 Å². The van der Waals surface area contributed by atoms with Crippen molar-refractivity contribution in [1.82, 2.24) is 4.98 Å². The Morgan fingerprint density at radius 1 is 1.33 bits per heavy atom. The topological polar surface area (TPSA) is 93.0 Å². The highest BCUT2D eigenvalue weighted by molar-refractivity contribution is 7.11. The van der Waals surface area contributed by atoms with Crippen molar-refractivity contribution >= 4 is 28.7 Å². The van der Waals surface area contributed by atoms with Gasteiger partial charge in [0.15, 0.2) is 0 Å². The van der Waals surface area contributed by atoms with Crippen LogP contribution < -0.4 is 0 Å². The van der Waals surface area contributed by atoms with Gasteiger partial charge >= 0.3 is 0 Å². The number of aryl methyl sites for hydroxylation is 1. The van der Waals surface area contributed by atoms with E-state index >= 15 is 0 Å². The van der Waals surface area contributed by atoms with E-state index in [1.54, 1.807) is 24.3 Å². The number of hydrogen-bond acceptors (Lipinski definition) is 6. The van der Waals surface area contributed by atoms with Crippen molar-refractivity contribution in [2.24, 2.45) is 0 Å². The van der Waals surface area contributed by atoms with Crippen LogP contribution in [0.4, 0.5) is 5.69 Å². The van der Waals surface area contributed by atoms with Crippen LogP contribution in [-0.2, 0) is 0 Å². The Morgan fingerprint density at radius 3 is 2.67 bits per heavy atom. The molecule has 0 saturated carbocycles. The highest BCUT2D eigenvalue weighted by atomic mass is 32.1. The molecule has 0 amide bonds. The van der Waals surface area contributed by atoms with Gasteiger partial charge in [0, 0.05) is 29.2 Å². The smallest absolute Gasteiger partial charge is 0.269 e. The van der Waals surface area contributed by atoms with Crippen molar-refractivity contribution in [3.8, 4) is 17.3 Å². The van der Waals surface area contributed by atoms with Gasteiger partial charge in [0.25, 0.3) is 5.69 Å². The van der Waals surface area contributed by atoms with E-state index in [1.165, 1.54) is 23.5 Å². The van der Waals surface area contributed by atoms with Crippen LogP contribution in [0.15, 0.2) is 46.2 Å². The van der Waals surface area contributed by atoms with Crippen LogP contribution in [0.5, 0.6) is 0 Å². The number of rotatable bonds is 4. The number of aromatic nitrogens is 1. The van der Waals surface area contributed by atoms with Gasteiger partial charge in [-0.25, -0.2) is 4.98 Å². The van der Waals surface area contributed by atoms with Crippen molar-refractivity contribution in [2.75, 3.05) is 0 Å². The molecule has 3 rings (SSSR count). The number of thiazole rings is 1. The van der Waals surface area contributed by atoms with Crippen molar-refractivity contribution < 1.29 is 9.34 Å². The summed E-state index contributed by atoms with van der Waals surface area (Å²) in [6.45, 7) is 1.83. The van der Waals surface area contributed by atoms with Gasteiger partial charge in [0.2, 0.25) is 0 Å². The maximum Gasteiger partial charge on any atom is 0.269 e. The van der Waals surface area contributed by atoms with Gasteiger partial charge < -0.3 is 4.42 Å². The molecule has 0 aliphatic heterocycles. The van der Waals surface area contributed by atoms with Crippen molar-refractivity contribution in [2.45, 2.75) is 6.92 Å². The largest absolute Gasteiger partial charge is 0.462 e. The lowest BCUT2D eigenvalue weighted by Gasteiger charge is -1.96. The Kier molecular flexibility index (Phi) is 4.22. The van der Waals surface area contributed by atoms with Crippen molar-refractivity contribution in [3.63, 3.8) is 0 Å². The summed E-state index contributed by atoms with van der Waals surface area (Å²) in [5.41, 5.74) is 1.86. The lowest BCUT2D eigenvalue weighted by atomic mass is 10.1. The average molecular weight is 337 g/mol. The van der Waals surface area contributed by atoms with Gasteiger partial charge in [-0.15, -0.1) is 11.3 Å². The summed E-state index contributed by atoms with van der Waals surface area (Å²) in [5, 5.41) is 22.4. The van der Waals surface area contributed by atoms with E-state index in [0.29, 0.717) is 22.0 Å². The zero-order valence-corrected chi connectivity index (χ0v) is 13.4. The summed E-state index contributed by atoms with van der Waals surface area (Å²) in [5.74, 6) is 1.36. The summed E-state index contributed by atoms with van der Waals surface area (Å²) < 4.78 is 5.45. The first-order valence-corrected chi connectivity index (χ1v) is 7.84. The minimum absolute atomic E-state index is 0.0278. The quantitative estimate of drug-likeness (QED) is 0.391. The summed E-state index contributed by atoms with van der Waals surface area (Å²) >= 11 is 1.34. The third-order valence-electron chi connectivity index (χ3n) is 3.28. The monoisotopic (exact) mass is 337 g/mol. The molecule has 24 heavy (non-hydrogen) atoms. The third kappa shape index (κ3) is 3.24. The fourth-order valence-electron chi connectivity index (χ4n) is 2.10. The first-order valence-electron chi connectivity index (χ1n) is 6.96. The van der Waals surface area contributed by atoms with E-state index in [-0.39, 0.29) is 5.69 Å². The summed E-state index contributed by atoms with van der Waals surface area (Å²) in [6.07, 6.45) is 1.64. The van der Waals surface area contributed by atoms with Gasteiger partial charge in [0.1, 0.15) is 22.6 Å². The lowest BCUT2D eigenvalue weighted by molar-refractivity contribution is -0.384. The van der Waals surface area contributed by atoms with Gasteiger partial charge in [-0.05, 0) is 31.2 Å². The molecule has 2 aromatic heterocycles. The number of benzene rings is 1. The minimum Gasteiger partial charge on any atom is -0.462 e. The predicted molar refractivity (Wildman–Crippen MR) is 91.1 cm³/mol. The fraction of sp³-hybridized carbons (Fsp3) is 0.0588. The molecular formula is C17H11N3O3S. The van der Waals surface area contributed by atoms with Gasteiger partial charge in [-0.2, -0.15) is 5.26 Å². The SMILES string of the molecule is Cc1ccc(/C=C(\C#N)c2nc(-c3ccc([N+](=O)[O-])cc3)cs2)o1. The summed E-state index contributed by atoms with van der Waals surface area (Å²) in [7, 11) is 0. The first-order chi connectivity index (χ1) is 11.6. The number of non-ortho nitro benzene ring substituents is 1. The molecule has 0 radical (unpaired) electrons. The lowest BCUT2D eigenvalue weighted by Crippen LogP contribution is -1.87. The fourth-order valence-corrected chi connectivity index (χ4v) is 2.89. The van der Waals surface area contributed by atoms with E-state index in [2.05, 4.69) is 11.1 Å². The molecule has 2 heterocycles. The van der Waals surface area contributed by atoms with E-state index in [1.807, 2.05) is 18.4 Å². The van der Waals surface area contributed by atoms with Crippen LogP contribution in [-0.4, -0.2) is 9.91 Å². The molecule has 1 aromatic carbocycles. The van der Waals surface area contributed by atoms with E-state index in [4.69, 9.17) is 4.42 Å². The van der Waals surface area contributed by atoms with Crippen LogP contribution >= 0.6 is 11.3 Å². The van der Waals surface area contributed by atoms with E-state index in [0.717, 1.165) is 11.3 Å². The van der Waals surface area contributed by atoms with E-state index < -0.39 is 4.92 Å². The number of nitro benzene ring substituents is 1. The molecule has 118 valence electrons. The Hall–Kier alpha value is -3.24. The predicted octanol–water partition coefficient (Wildman–Crippen LogP) is 4.68. The second-order valence-electron chi connectivity index (χ2n) is 4.96. The summed E-state index contributed by atoms with van der Waals surface area (Å²) in [4.78, 5) is 14.7. The third-order valence-corrected chi connectivity index (χ3v) is 4.15. The maximum atomic E-state index is 10.7. The second-order valence-corrected chi connectivity index (χ2v) is 5.82. The zero-order valence-electron chi connectivity index (χ0n) is 12.6. The van der Waals surface area contributed by atoms with Crippen LogP contribution in [0.2, 0.25) is 0 Å². The molecule has 0 bridgehead atoms. The Labute approximate surface area is 141 Å². The second kappa shape index (κ2) is 6.48. The van der Waals surface area contributed by atoms with Crippen molar-refractivity contribution in [1.29, 1.82) is 5.26 Å². The van der Waals surface area contributed by atoms with Crippen LogP contribution in [0.1, 0.15) is 16.5 Å². The summed E-state index contributed by atoms with van der Waals surface area (Å²) in [6, 6.07) is 11.9. The number of allylic oxidation sites excluding steroid dienone is 1. The van der Waals surface area contributed by atoms with Crippen molar-refractivity contribution in [3.05, 3.63) is 68.4 Å². The number of hydrogen-bond donors (Lipinski definition) is 0. The highest BCUT2D eigenvalue weighted by Crippen LogP contribution is 2.28. The molecule has 6 nitrogen and oxygen atoms in total. The van der Waals surface area contributed by atoms with Crippen LogP contribution in [0, 0.1) is 28.4 Å². The normalized spacial score (nSPS) is 11.2. The molecule has 0 spiro atoms. The molecule has 0 aliphatic rings. The molecule has 0 N–H and O–H groups in total. The molecule has 0 atom stereocenters. The number of nitriles is 1. The van der Waals surface area contributed by atoms with Gasteiger partial charge in [0.05, 0.1) is 16.2 Å². The molecule has 7 heteroatoms. The molecular weight excluding hydrogens is 326 g/mol. The van der Waals surface area contributed by atoms with Gasteiger partial charge in [-0.3, -0.25) is 10.1 Å². The molecule has 3 aromatic rings. The number of nitrogens with zero attached hydrogens (tertiary/aromatic N) is 3. The average Bonchev–Trinajstić information content (AvgIpc) is 3.22. The molecule has 0 fully saturated rings. The number of furan rings is 1. The Morgan fingerprint density at radius 2 is 2.08 bits per heavy atom. The highest BCUT2D eigenvalue weighted by Gasteiger charge is 2.11. The maximum absolute atomic E-state index is 10.7. The Balaban J connectivity index is 1.90. The Bertz CT molecular complexity index is 962. The van der Waals surface area contributed by atoms with E-state index in [9.17, 15) is 15.4 Å². The zero-order chi connectivity index (χ0) is 17.1. The minimum atomic E-state index is -0.446. The molecule has 0 saturated heterocycles. The first kappa shape index (κ1) is 15.6. The standard InChI is InChI=1S/C17H11N3O3S/c1-11-2-7-15(23-11)8-13(9-18)17-19-16(10-24-17)12-3-5-14(6-4-12)20(21)22/h2-8,10H,1H3/b13-8+. The molecule has 0 unspecified atom stereocenters. The number of nitro groups is 1. The molecule has 0 aliphatic carbocycles. The van der Waals surface area contributed by atoms with Crippen LogP contribution in [0.25, 0.3) is 22.9 Å².